The molecule has 2 bridgehead atoms. The summed E-state index contributed by atoms with van der Waals surface area (Å²) in [7, 11) is 0. The molecule has 3 heterocycles. The van der Waals surface area contributed by atoms with Crippen molar-refractivity contribution in [3.63, 3.8) is 0 Å². The first-order valence-corrected chi connectivity index (χ1v) is 7.00. The van der Waals surface area contributed by atoms with Crippen molar-refractivity contribution in [1.82, 2.24) is 10.2 Å². The lowest BCUT2D eigenvalue weighted by Gasteiger charge is -2.45. The summed E-state index contributed by atoms with van der Waals surface area (Å²) in [5, 5.41) is 12.8. The maximum absolute atomic E-state index is 11.5. The number of hydrogen-bond acceptors (Lipinski definition) is 3. The van der Waals surface area contributed by atoms with E-state index in [2.05, 4.69) is 10.2 Å². The van der Waals surface area contributed by atoms with Crippen LogP contribution in [0.25, 0.3) is 0 Å². The van der Waals surface area contributed by atoms with E-state index >= 15 is 0 Å². The van der Waals surface area contributed by atoms with Crippen LogP contribution in [0.3, 0.4) is 0 Å². The lowest BCUT2D eigenvalue weighted by atomic mass is 9.83. The number of piperidine rings is 3. The van der Waals surface area contributed by atoms with Gasteiger partial charge in [-0.3, -0.25) is 10.1 Å². The molecule has 2 atom stereocenters. The average molecular weight is 260 g/mol. The van der Waals surface area contributed by atoms with Crippen molar-refractivity contribution in [2.24, 2.45) is 5.92 Å². The zero-order valence-electron chi connectivity index (χ0n) is 11.0. The molecule has 0 saturated carbocycles. The number of nitrogens with one attached hydrogen (secondary N) is 1. The van der Waals surface area contributed by atoms with Gasteiger partial charge in [0.1, 0.15) is 6.04 Å². The van der Waals surface area contributed by atoms with Crippen LogP contribution in [0.2, 0.25) is 0 Å². The van der Waals surface area contributed by atoms with Crippen LogP contribution >= 0.6 is 0 Å². The maximum Gasteiger partial charge on any atom is 0.325 e. The lowest BCUT2D eigenvalue weighted by molar-refractivity contribution is -0.140. The van der Waals surface area contributed by atoms with Gasteiger partial charge in [-0.15, -0.1) is 0 Å². The molecule has 0 aromatic heterocycles. The van der Waals surface area contributed by atoms with Crippen molar-refractivity contribution in [3.8, 4) is 0 Å². The van der Waals surface area contributed by atoms with Gasteiger partial charge in [0, 0.05) is 12.6 Å². The van der Waals surface area contributed by atoms with E-state index in [0.29, 0.717) is 12.0 Å². The maximum atomic E-state index is 11.5. The largest absolute Gasteiger partial charge is 0.480 e. The van der Waals surface area contributed by atoms with Gasteiger partial charge < -0.3 is 10.0 Å². The Labute approximate surface area is 113 Å². The summed E-state index contributed by atoms with van der Waals surface area (Å²) in [5.41, 5.74) is 0.839. The Kier molecular flexibility index (Phi) is 3.53. The number of rotatable bonds is 4. The van der Waals surface area contributed by atoms with Gasteiger partial charge in [-0.1, -0.05) is 30.3 Å². The minimum absolute atomic E-state index is 0.309. The van der Waals surface area contributed by atoms with Crippen molar-refractivity contribution >= 4 is 5.97 Å². The molecule has 2 unspecified atom stereocenters. The summed E-state index contributed by atoms with van der Waals surface area (Å²) < 4.78 is 0. The van der Waals surface area contributed by atoms with Crippen LogP contribution in [0.15, 0.2) is 30.3 Å². The zero-order valence-corrected chi connectivity index (χ0v) is 11.0. The van der Waals surface area contributed by atoms with Crippen LogP contribution in [0.1, 0.15) is 24.4 Å². The van der Waals surface area contributed by atoms with Crippen molar-refractivity contribution in [2.45, 2.75) is 24.9 Å². The second-order valence-electron chi connectivity index (χ2n) is 5.59. The van der Waals surface area contributed by atoms with E-state index in [0.717, 1.165) is 12.1 Å². The zero-order chi connectivity index (χ0) is 13.2. The highest BCUT2D eigenvalue weighted by molar-refractivity contribution is 5.75. The topological polar surface area (TPSA) is 52.6 Å². The van der Waals surface area contributed by atoms with E-state index in [9.17, 15) is 9.90 Å². The molecule has 3 aliphatic rings. The van der Waals surface area contributed by atoms with Crippen LogP contribution in [0.4, 0.5) is 0 Å². The first-order valence-electron chi connectivity index (χ1n) is 7.00. The Morgan fingerprint density at radius 3 is 2.47 bits per heavy atom. The third-order valence-corrected chi connectivity index (χ3v) is 4.42. The molecule has 102 valence electrons. The van der Waals surface area contributed by atoms with E-state index in [4.69, 9.17) is 0 Å². The summed E-state index contributed by atoms with van der Waals surface area (Å²) in [6.07, 6.45) is 2.39. The van der Waals surface area contributed by atoms with Crippen molar-refractivity contribution in [3.05, 3.63) is 35.9 Å². The van der Waals surface area contributed by atoms with Crippen LogP contribution in [0, 0.1) is 5.92 Å². The Morgan fingerprint density at radius 2 is 1.95 bits per heavy atom. The first kappa shape index (κ1) is 12.6. The van der Waals surface area contributed by atoms with Crippen molar-refractivity contribution < 1.29 is 9.90 Å². The van der Waals surface area contributed by atoms with Gasteiger partial charge in [0.2, 0.25) is 0 Å². The van der Waals surface area contributed by atoms with Gasteiger partial charge in [0.25, 0.3) is 0 Å². The molecule has 1 aromatic carbocycles. The number of fused-ring (bicyclic) bond motifs is 3. The highest BCUT2D eigenvalue weighted by atomic mass is 16.4. The molecule has 0 amide bonds. The fourth-order valence-electron chi connectivity index (χ4n) is 3.32. The molecule has 3 saturated heterocycles. The quantitative estimate of drug-likeness (QED) is 0.861. The fraction of sp³-hybridized carbons (Fsp3) is 0.533. The van der Waals surface area contributed by atoms with Crippen molar-refractivity contribution in [1.29, 1.82) is 0 Å². The van der Waals surface area contributed by atoms with Gasteiger partial charge >= 0.3 is 5.97 Å². The minimum Gasteiger partial charge on any atom is -0.480 e. The van der Waals surface area contributed by atoms with E-state index in [1.54, 1.807) is 0 Å². The molecule has 4 rings (SSSR count). The summed E-state index contributed by atoms with van der Waals surface area (Å²) in [6.45, 7) is 3.33. The molecule has 4 heteroatoms. The lowest BCUT2D eigenvalue weighted by Crippen LogP contribution is -2.57. The van der Waals surface area contributed by atoms with Crippen LogP contribution in [0.5, 0.6) is 0 Å². The van der Waals surface area contributed by atoms with Crippen LogP contribution in [-0.2, 0) is 4.79 Å². The molecule has 2 N–H and O–H groups in total. The van der Waals surface area contributed by atoms with Crippen LogP contribution < -0.4 is 5.32 Å². The summed E-state index contributed by atoms with van der Waals surface area (Å²) in [6, 6.07) is 9.18. The van der Waals surface area contributed by atoms with E-state index in [1.807, 2.05) is 30.3 Å². The molecule has 0 radical (unpaired) electrons. The number of benzene rings is 1. The van der Waals surface area contributed by atoms with E-state index in [-0.39, 0.29) is 0 Å². The number of carboxylic acid groups (broad SMARTS) is 1. The number of carbonyl (C=O) groups is 1. The molecule has 3 fully saturated rings. The number of nitrogens with zero attached hydrogens (tertiary/aromatic N) is 1. The predicted octanol–water partition coefficient (Wildman–Crippen LogP) is 1.50. The highest BCUT2D eigenvalue weighted by Crippen LogP contribution is 2.29. The fourth-order valence-corrected chi connectivity index (χ4v) is 3.32. The molecular formula is C15H20N2O2. The normalized spacial score (nSPS) is 31.1. The summed E-state index contributed by atoms with van der Waals surface area (Å²) in [5.74, 6) is -0.154. The third kappa shape index (κ3) is 2.65. The van der Waals surface area contributed by atoms with Crippen LogP contribution in [-0.4, -0.2) is 41.7 Å². The highest BCUT2D eigenvalue weighted by Gasteiger charge is 2.36. The van der Waals surface area contributed by atoms with Gasteiger partial charge in [-0.2, -0.15) is 0 Å². The van der Waals surface area contributed by atoms with Crippen molar-refractivity contribution in [2.75, 3.05) is 19.6 Å². The smallest absolute Gasteiger partial charge is 0.325 e. The third-order valence-electron chi connectivity index (χ3n) is 4.42. The SMILES string of the molecule is O=C(O)C(NC1CN2CCC1CC2)c1ccccc1. The molecule has 4 nitrogen and oxygen atoms in total. The van der Waals surface area contributed by atoms with Gasteiger partial charge in [-0.25, -0.2) is 0 Å². The standard InChI is InChI=1S/C15H20N2O2/c18-15(19)14(12-4-2-1-3-5-12)16-13-10-17-8-6-11(13)7-9-17/h1-5,11,13-14,16H,6-10H2,(H,18,19). The van der Waals surface area contributed by atoms with Gasteiger partial charge in [0.05, 0.1) is 0 Å². The molecule has 1 aromatic rings. The molecule has 3 aliphatic heterocycles. The minimum atomic E-state index is -0.789. The Bertz CT molecular complexity index is 441. The predicted molar refractivity (Wildman–Crippen MR) is 72.9 cm³/mol. The summed E-state index contributed by atoms with van der Waals surface area (Å²) >= 11 is 0. The molecule has 0 spiro atoms. The first-order chi connectivity index (χ1) is 9.24. The Balaban J connectivity index is 1.74. The number of carboxylic acids is 1. The Morgan fingerprint density at radius 1 is 1.26 bits per heavy atom. The second-order valence-corrected chi connectivity index (χ2v) is 5.59. The molecular weight excluding hydrogens is 240 g/mol. The molecule has 19 heavy (non-hydrogen) atoms. The van der Waals surface area contributed by atoms with Gasteiger partial charge in [-0.05, 0) is 37.4 Å². The number of hydrogen-bond donors (Lipinski definition) is 2. The monoisotopic (exact) mass is 260 g/mol. The van der Waals surface area contributed by atoms with E-state index < -0.39 is 12.0 Å². The van der Waals surface area contributed by atoms with Gasteiger partial charge in [0.15, 0.2) is 0 Å². The summed E-state index contributed by atoms with van der Waals surface area (Å²) in [4.78, 5) is 13.9. The molecule has 0 aliphatic carbocycles. The number of aliphatic carboxylic acids is 1. The average Bonchev–Trinajstić information content (AvgIpc) is 2.46. The second kappa shape index (κ2) is 5.31. The van der Waals surface area contributed by atoms with E-state index in [1.165, 1.54) is 25.9 Å². The Hall–Kier alpha value is -1.39.